The number of carboxylic acids is 1. The van der Waals surface area contributed by atoms with Crippen molar-refractivity contribution in [1.82, 2.24) is 4.98 Å². The highest BCUT2D eigenvalue weighted by atomic mass is 19.1. The molecule has 0 bridgehead atoms. The van der Waals surface area contributed by atoms with E-state index in [1.165, 1.54) is 18.2 Å². The molecule has 6 nitrogen and oxygen atoms in total. The summed E-state index contributed by atoms with van der Waals surface area (Å²) < 4.78 is 13.7. The van der Waals surface area contributed by atoms with Crippen molar-refractivity contribution >= 4 is 17.6 Å². The summed E-state index contributed by atoms with van der Waals surface area (Å²) in [6.07, 6.45) is 0. The Kier molecular flexibility index (Phi) is 3.84. The molecule has 1 aromatic heterocycles. The number of carbonyl (C=O) groups excluding carboxylic acids is 1. The molecule has 0 saturated carbocycles. The predicted octanol–water partition coefficient (Wildman–Crippen LogP) is 1.77. The molecule has 0 aliphatic rings. The monoisotopic (exact) mass is 290 g/mol. The molecular weight excluding hydrogens is 279 g/mol. The van der Waals surface area contributed by atoms with E-state index in [-0.39, 0.29) is 5.56 Å². The molecule has 0 unspecified atom stereocenters. The number of aromatic nitrogens is 1. The van der Waals surface area contributed by atoms with E-state index < -0.39 is 34.5 Å². The molecule has 0 aliphatic heterocycles. The number of benzene rings is 1. The number of aromatic carboxylic acids is 1. The molecule has 1 aromatic carbocycles. The van der Waals surface area contributed by atoms with Crippen LogP contribution in [0.3, 0.4) is 0 Å². The molecule has 2 rings (SSSR count). The van der Waals surface area contributed by atoms with Gasteiger partial charge in [0.15, 0.2) is 0 Å². The normalized spacial score (nSPS) is 10.2. The van der Waals surface area contributed by atoms with Gasteiger partial charge in [-0.3, -0.25) is 9.59 Å². The summed E-state index contributed by atoms with van der Waals surface area (Å²) in [7, 11) is 0. The number of hydrogen-bond acceptors (Lipinski definition) is 3. The molecule has 108 valence electrons. The van der Waals surface area contributed by atoms with E-state index in [2.05, 4.69) is 10.3 Å². The molecule has 1 heterocycles. The fourth-order valence-corrected chi connectivity index (χ4v) is 1.76. The number of aryl methyl sites for hydroxylation is 1. The number of carboxylic acid groups (broad SMARTS) is 1. The average Bonchev–Trinajstić information content (AvgIpc) is 2.40. The van der Waals surface area contributed by atoms with E-state index in [1.54, 1.807) is 6.92 Å². The number of hydrogen-bond donors (Lipinski definition) is 3. The maximum absolute atomic E-state index is 13.7. The van der Waals surface area contributed by atoms with Gasteiger partial charge in [-0.1, -0.05) is 6.07 Å². The molecule has 7 heteroatoms. The van der Waals surface area contributed by atoms with Crippen LogP contribution in [0.5, 0.6) is 0 Å². The van der Waals surface area contributed by atoms with Crippen molar-refractivity contribution in [2.45, 2.75) is 6.92 Å². The topological polar surface area (TPSA) is 99.3 Å². The quantitative estimate of drug-likeness (QED) is 0.802. The molecule has 0 saturated heterocycles. The number of rotatable bonds is 3. The van der Waals surface area contributed by atoms with Gasteiger partial charge in [-0.2, -0.15) is 0 Å². The first-order chi connectivity index (χ1) is 9.90. The summed E-state index contributed by atoms with van der Waals surface area (Å²) in [5.41, 5.74) is -1.18. The van der Waals surface area contributed by atoms with Crippen LogP contribution >= 0.6 is 0 Å². The lowest BCUT2D eigenvalue weighted by atomic mass is 10.1. The second-order valence-electron chi connectivity index (χ2n) is 4.31. The smallest absolute Gasteiger partial charge is 0.337 e. The van der Waals surface area contributed by atoms with Crippen molar-refractivity contribution in [3.8, 4) is 0 Å². The minimum atomic E-state index is -1.39. The largest absolute Gasteiger partial charge is 0.478 e. The van der Waals surface area contributed by atoms with E-state index in [9.17, 15) is 18.8 Å². The van der Waals surface area contributed by atoms with Crippen molar-refractivity contribution < 1.29 is 19.1 Å². The van der Waals surface area contributed by atoms with Gasteiger partial charge < -0.3 is 15.4 Å². The predicted molar refractivity (Wildman–Crippen MR) is 73.1 cm³/mol. The first-order valence-electron chi connectivity index (χ1n) is 5.93. The number of para-hydroxylation sites is 1. The Morgan fingerprint density at radius 2 is 1.90 bits per heavy atom. The van der Waals surface area contributed by atoms with Gasteiger partial charge in [-0.25, -0.2) is 9.18 Å². The van der Waals surface area contributed by atoms with Crippen LogP contribution < -0.4 is 10.9 Å². The van der Waals surface area contributed by atoms with Gasteiger partial charge in [-0.15, -0.1) is 0 Å². The molecule has 0 atom stereocenters. The molecule has 2 aromatic rings. The van der Waals surface area contributed by atoms with E-state index in [4.69, 9.17) is 5.11 Å². The zero-order chi connectivity index (χ0) is 15.6. The van der Waals surface area contributed by atoms with E-state index in [0.717, 1.165) is 12.1 Å². The fraction of sp³-hybridized carbons (Fsp3) is 0.0714. The molecule has 21 heavy (non-hydrogen) atoms. The number of anilines is 1. The Bertz CT molecular complexity index is 783. The van der Waals surface area contributed by atoms with Crippen LogP contribution in [0, 0.1) is 12.7 Å². The summed E-state index contributed by atoms with van der Waals surface area (Å²) in [4.78, 5) is 37.1. The van der Waals surface area contributed by atoms with Gasteiger partial charge >= 0.3 is 5.97 Å². The molecule has 1 amide bonds. The van der Waals surface area contributed by atoms with Gasteiger partial charge in [0.25, 0.3) is 11.5 Å². The zero-order valence-electron chi connectivity index (χ0n) is 10.9. The summed E-state index contributed by atoms with van der Waals surface area (Å²) in [5.74, 6) is -3.17. The van der Waals surface area contributed by atoms with Crippen LogP contribution in [0.25, 0.3) is 0 Å². The SMILES string of the molecule is Cc1ccc(C(=O)Nc2c(F)cccc2C(=O)O)c(=O)[nH]1. The second-order valence-corrected chi connectivity index (χ2v) is 4.31. The van der Waals surface area contributed by atoms with Gasteiger partial charge in [0.1, 0.15) is 11.4 Å². The average molecular weight is 290 g/mol. The van der Waals surface area contributed by atoms with Crippen LogP contribution in [-0.2, 0) is 0 Å². The van der Waals surface area contributed by atoms with Gasteiger partial charge in [0, 0.05) is 5.69 Å². The summed E-state index contributed by atoms with van der Waals surface area (Å²) in [6, 6.07) is 6.18. The van der Waals surface area contributed by atoms with Crippen molar-refractivity contribution in [2.75, 3.05) is 5.32 Å². The highest BCUT2D eigenvalue weighted by molar-refractivity contribution is 6.07. The first kappa shape index (κ1) is 14.4. The number of nitrogens with one attached hydrogen (secondary N) is 2. The van der Waals surface area contributed by atoms with Crippen molar-refractivity contribution in [3.63, 3.8) is 0 Å². The van der Waals surface area contributed by atoms with Crippen LogP contribution in [0.4, 0.5) is 10.1 Å². The van der Waals surface area contributed by atoms with Gasteiger partial charge in [-0.05, 0) is 31.2 Å². The van der Waals surface area contributed by atoms with Crippen molar-refractivity contribution in [1.29, 1.82) is 0 Å². The molecule has 0 fully saturated rings. The maximum Gasteiger partial charge on any atom is 0.337 e. The van der Waals surface area contributed by atoms with Gasteiger partial charge in [0.2, 0.25) is 0 Å². The Morgan fingerprint density at radius 1 is 1.19 bits per heavy atom. The summed E-state index contributed by atoms with van der Waals surface area (Å²) in [6.45, 7) is 1.64. The Hall–Kier alpha value is -2.96. The van der Waals surface area contributed by atoms with E-state index in [1.807, 2.05) is 0 Å². The third-order valence-corrected chi connectivity index (χ3v) is 2.78. The number of aromatic amines is 1. The van der Waals surface area contributed by atoms with Crippen LogP contribution in [0.15, 0.2) is 35.1 Å². The molecule has 0 radical (unpaired) electrons. The Morgan fingerprint density at radius 3 is 2.52 bits per heavy atom. The number of amides is 1. The van der Waals surface area contributed by atoms with Gasteiger partial charge in [0.05, 0.1) is 11.3 Å². The number of carbonyl (C=O) groups is 2. The maximum atomic E-state index is 13.7. The third-order valence-electron chi connectivity index (χ3n) is 2.78. The summed E-state index contributed by atoms with van der Waals surface area (Å²) >= 11 is 0. The third kappa shape index (κ3) is 2.97. The summed E-state index contributed by atoms with van der Waals surface area (Å²) in [5, 5.41) is 11.1. The lowest BCUT2D eigenvalue weighted by Gasteiger charge is -2.09. The Balaban J connectivity index is 2.41. The Labute approximate surface area is 118 Å². The number of pyridine rings is 1. The van der Waals surface area contributed by atoms with E-state index >= 15 is 0 Å². The zero-order valence-corrected chi connectivity index (χ0v) is 10.9. The van der Waals surface area contributed by atoms with Crippen LogP contribution in [-0.4, -0.2) is 22.0 Å². The highest BCUT2D eigenvalue weighted by Gasteiger charge is 2.18. The van der Waals surface area contributed by atoms with Crippen LogP contribution in [0.1, 0.15) is 26.4 Å². The standard InChI is InChI=1S/C14H11FN2O4/c1-7-5-6-9(12(18)16-7)13(19)17-11-8(14(20)21)3-2-4-10(11)15/h2-6H,1H3,(H,16,18)(H,17,19)(H,20,21). The molecule has 0 aliphatic carbocycles. The molecule has 3 N–H and O–H groups in total. The molecule has 0 spiro atoms. The minimum absolute atomic E-state index is 0.236. The van der Waals surface area contributed by atoms with Crippen LogP contribution in [0.2, 0.25) is 0 Å². The second kappa shape index (κ2) is 5.58. The molecular formula is C14H11FN2O4. The highest BCUT2D eigenvalue weighted by Crippen LogP contribution is 2.20. The fourth-order valence-electron chi connectivity index (χ4n) is 1.76. The number of H-pyrrole nitrogens is 1. The first-order valence-corrected chi connectivity index (χ1v) is 5.93. The lowest BCUT2D eigenvalue weighted by molar-refractivity contribution is 0.0697. The minimum Gasteiger partial charge on any atom is -0.478 e. The number of halogens is 1. The van der Waals surface area contributed by atoms with E-state index in [0.29, 0.717) is 5.69 Å². The van der Waals surface area contributed by atoms with Crippen molar-refractivity contribution in [3.05, 3.63) is 63.3 Å². The lowest BCUT2D eigenvalue weighted by Crippen LogP contribution is -2.24. The van der Waals surface area contributed by atoms with Crippen molar-refractivity contribution in [2.24, 2.45) is 0 Å².